The van der Waals surface area contributed by atoms with Gasteiger partial charge in [-0.3, -0.25) is 0 Å². The third-order valence-corrected chi connectivity index (χ3v) is 4.26. The lowest BCUT2D eigenvalue weighted by Crippen LogP contribution is -2.24. The first-order valence-corrected chi connectivity index (χ1v) is 8.74. The summed E-state index contributed by atoms with van der Waals surface area (Å²) >= 11 is 15.5. The molecule has 0 fully saturated rings. The van der Waals surface area contributed by atoms with Crippen LogP contribution in [0.4, 0.5) is 0 Å². The zero-order chi connectivity index (χ0) is 16.8. The molecule has 2 N–H and O–H groups in total. The number of nitrogens with one attached hydrogen (secondary N) is 1. The van der Waals surface area contributed by atoms with Crippen molar-refractivity contribution in [3.8, 4) is 5.75 Å². The van der Waals surface area contributed by atoms with Crippen molar-refractivity contribution in [2.45, 2.75) is 26.2 Å². The van der Waals surface area contributed by atoms with Gasteiger partial charge in [-0.2, -0.15) is 0 Å². The van der Waals surface area contributed by atoms with Crippen molar-refractivity contribution in [1.82, 2.24) is 5.32 Å². The molecule has 3 nitrogen and oxygen atoms in total. The number of rotatable bonds is 7. The van der Waals surface area contributed by atoms with E-state index in [1.54, 1.807) is 19.1 Å². The van der Waals surface area contributed by atoms with Crippen LogP contribution in [0.15, 0.2) is 40.9 Å². The third-order valence-electron chi connectivity index (χ3n) is 3.18. The zero-order valence-corrected chi connectivity index (χ0v) is 15.7. The van der Waals surface area contributed by atoms with E-state index in [-0.39, 0.29) is 6.10 Å². The summed E-state index contributed by atoms with van der Waals surface area (Å²) in [6, 6.07) is 11.2. The molecule has 124 valence electrons. The van der Waals surface area contributed by atoms with Gasteiger partial charge in [0, 0.05) is 38.7 Å². The third kappa shape index (κ3) is 5.98. The summed E-state index contributed by atoms with van der Waals surface area (Å²) in [6.07, 6.45) is -0.389. The van der Waals surface area contributed by atoms with E-state index in [4.69, 9.17) is 27.9 Å². The van der Waals surface area contributed by atoms with E-state index in [1.807, 2.05) is 24.3 Å². The molecule has 2 rings (SSSR count). The monoisotopic (exact) mass is 417 g/mol. The summed E-state index contributed by atoms with van der Waals surface area (Å²) in [5, 5.41) is 13.7. The fourth-order valence-electron chi connectivity index (χ4n) is 2.04. The quantitative estimate of drug-likeness (QED) is 0.678. The van der Waals surface area contributed by atoms with Crippen LogP contribution in [0.3, 0.4) is 0 Å². The van der Waals surface area contributed by atoms with Crippen LogP contribution < -0.4 is 10.1 Å². The minimum Gasteiger partial charge on any atom is -0.489 e. The van der Waals surface area contributed by atoms with Crippen LogP contribution in [0.2, 0.25) is 10.0 Å². The van der Waals surface area contributed by atoms with Gasteiger partial charge >= 0.3 is 0 Å². The highest BCUT2D eigenvalue weighted by Crippen LogP contribution is 2.26. The second kappa shape index (κ2) is 8.90. The predicted octanol–water partition coefficient (Wildman–Crippen LogP) is 4.81. The maximum absolute atomic E-state index is 9.33. The van der Waals surface area contributed by atoms with Crippen LogP contribution >= 0.6 is 39.1 Å². The summed E-state index contributed by atoms with van der Waals surface area (Å²) in [5.41, 5.74) is 1.88. The molecule has 0 spiro atoms. The van der Waals surface area contributed by atoms with Crippen LogP contribution in [0.25, 0.3) is 0 Å². The highest BCUT2D eigenvalue weighted by molar-refractivity contribution is 9.10. The first-order valence-electron chi connectivity index (χ1n) is 7.19. The van der Waals surface area contributed by atoms with Crippen molar-refractivity contribution in [2.24, 2.45) is 0 Å². The van der Waals surface area contributed by atoms with E-state index in [0.29, 0.717) is 29.7 Å². The Morgan fingerprint density at radius 1 is 1.17 bits per heavy atom. The molecule has 0 unspecified atom stereocenters. The van der Waals surface area contributed by atoms with Crippen LogP contribution in [0, 0.1) is 0 Å². The highest BCUT2D eigenvalue weighted by Gasteiger charge is 2.08. The molecule has 23 heavy (non-hydrogen) atoms. The van der Waals surface area contributed by atoms with E-state index < -0.39 is 0 Å². The van der Waals surface area contributed by atoms with Gasteiger partial charge in [-0.25, -0.2) is 0 Å². The second-order valence-corrected chi connectivity index (χ2v) is 7.02. The molecule has 2 aromatic carbocycles. The number of ether oxygens (including phenoxy) is 1. The van der Waals surface area contributed by atoms with Crippen molar-refractivity contribution in [1.29, 1.82) is 0 Å². The molecule has 0 aliphatic rings. The number of aliphatic hydroxyl groups is 1. The average molecular weight is 419 g/mol. The fourth-order valence-corrected chi connectivity index (χ4v) is 2.91. The molecule has 0 bridgehead atoms. The number of hydrogen-bond donors (Lipinski definition) is 2. The van der Waals surface area contributed by atoms with Crippen LogP contribution in [0.5, 0.6) is 5.75 Å². The minimum absolute atomic E-state index is 0.362. The highest BCUT2D eigenvalue weighted by atomic mass is 79.9. The Morgan fingerprint density at radius 2 is 1.96 bits per heavy atom. The lowest BCUT2D eigenvalue weighted by atomic mass is 10.2. The fraction of sp³-hybridized carbons (Fsp3) is 0.294. The number of hydrogen-bond acceptors (Lipinski definition) is 3. The lowest BCUT2D eigenvalue weighted by molar-refractivity contribution is 0.190. The topological polar surface area (TPSA) is 41.5 Å². The Bertz CT molecular complexity index is 665. The van der Waals surface area contributed by atoms with Gasteiger partial charge < -0.3 is 15.2 Å². The van der Waals surface area contributed by atoms with Crippen molar-refractivity contribution in [2.75, 3.05) is 6.54 Å². The van der Waals surface area contributed by atoms with Gasteiger partial charge in [-0.05, 0) is 37.3 Å². The molecule has 0 amide bonds. The first-order chi connectivity index (χ1) is 11.0. The van der Waals surface area contributed by atoms with E-state index in [2.05, 4.69) is 21.2 Å². The molecule has 0 radical (unpaired) electrons. The molecular weight excluding hydrogens is 401 g/mol. The van der Waals surface area contributed by atoms with Crippen LogP contribution in [-0.2, 0) is 13.2 Å². The Kier molecular flexibility index (Phi) is 7.18. The van der Waals surface area contributed by atoms with Gasteiger partial charge in [0.2, 0.25) is 0 Å². The normalized spacial score (nSPS) is 12.2. The smallest absolute Gasteiger partial charge is 0.124 e. The predicted molar refractivity (Wildman–Crippen MR) is 98.3 cm³/mol. The molecule has 0 heterocycles. The number of aliphatic hydroxyl groups excluding tert-OH is 1. The summed E-state index contributed by atoms with van der Waals surface area (Å²) in [7, 11) is 0. The Morgan fingerprint density at radius 3 is 2.65 bits per heavy atom. The van der Waals surface area contributed by atoms with E-state index in [9.17, 15) is 5.11 Å². The minimum atomic E-state index is -0.389. The van der Waals surface area contributed by atoms with E-state index in [0.717, 1.165) is 21.3 Å². The molecule has 6 heteroatoms. The molecule has 0 aliphatic heterocycles. The van der Waals surface area contributed by atoms with Crippen molar-refractivity contribution < 1.29 is 9.84 Å². The molecular formula is C17H18BrCl2NO2. The van der Waals surface area contributed by atoms with Gasteiger partial charge in [0.15, 0.2) is 0 Å². The maximum atomic E-state index is 9.33. The molecule has 0 aliphatic carbocycles. The zero-order valence-electron chi connectivity index (χ0n) is 12.7. The largest absolute Gasteiger partial charge is 0.489 e. The molecule has 1 atom stereocenters. The standard InChI is InChI=1S/C17H18BrCl2NO2/c1-11(22)8-21-9-13-6-14(18)3-5-17(13)23-10-12-2-4-15(19)7-16(12)20/h2-7,11,21-22H,8-10H2,1H3/t11-/m0/s1. The SMILES string of the molecule is C[C@H](O)CNCc1cc(Br)ccc1OCc1ccc(Cl)cc1Cl. The molecule has 0 saturated heterocycles. The molecule has 0 saturated carbocycles. The van der Waals surface area contributed by atoms with Crippen LogP contribution in [0.1, 0.15) is 18.1 Å². The van der Waals surface area contributed by atoms with Gasteiger partial charge in [-0.15, -0.1) is 0 Å². The molecule has 2 aromatic rings. The van der Waals surface area contributed by atoms with Crippen molar-refractivity contribution >= 4 is 39.1 Å². The van der Waals surface area contributed by atoms with Gasteiger partial charge in [-0.1, -0.05) is 45.2 Å². The van der Waals surface area contributed by atoms with Gasteiger partial charge in [0.25, 0.3) is 0 Å². The summed E-state index contributed by atoms with van der Waals surface area (Å²) in [4.78, 5) is 0. The van der Waals surface area contributed by atoms with Gasteiger partial charge in [0.05, 0.1) is 6.10 Å². The van der Waals surface area contributed by atoms with Gasteiger partial charge in [0.1, 0.15) is 12.4 Å². The van der Waals surface area contributed by atoms with E-state index in [1.165, 1.54) is 0 Å². The number of benzene rings is 2. The summed E-state index contributed by atoms with van der Waals surface area (Å²) in [6.45, 7) is 3.23. The number of halogens is 3. The summed E-state index contributed by atoms with van der Waals surface area (Å²) < 4.78 is 6.88. The van der Waals surface area contributed by atoms with Crippen molar-refractivity contribution in [3.63, 3.8) is 0 Å². The maximum Gasteiger partial charge on any atom is 0.124 e. The van der Waals surface area contributed by atoms with E-state index >= 15 is 0 Å². The first kappa shape index (κ1) is 18.6. The Hall–Kier alpha value is -0.780. The Labute approximate surface area is 154 Å². The Balaban J connectivity index is 2.06. The second-order valence-electron chi connectivity index (χ2n) is 5.26. The van der Waals surface area contributed by atoms with Crippen LogP contribution in [-0.4, -0.2) is 17.8 Å². The average Bonchev–Trinajstić information content (AvgIpc) is 2.47. The summed E-state index contributed by atoms with van der Waals surface area (Å²) in [5.74, 6) is 0.775. The lowest BCUT2D eigenvalue weighted by Gasteiger charge is -2.14. The van der Waals surface area contributed by atoms with Crippen molar-refractivity contribution in [3.05, 3.63) is 62.0 Å². The molecule has 0 aromatic heterocycles.